The third-order valence-electron chi connectivity index (χ3n) is 3.86. The van der Waals surface area contributed by atoms with Gasteiger partial charge in [0, 0.05) is 0 Å². The van der Waals surface area contributed by atoms with E-state index in [1.807, 2.05) is 4.68 Å². The lowest BCUT2D eigenvalue weighted by Crippen LogP contribution is -2.05. The van der Waals surface area contributed by atoms with Crippen molar-refractivity contribution in [3.8, 4) is 0 Å². The molecule has 0 amide bonds. The first-order chi connectivity index (χ1) is 9.26. The molecule has 3 heteroatoms. The van der Waals surface area contributed by atoms with E-state index in [0.717, 1.165) is 23.9 Å². The monoisotopic (exact) mass is 259 g/mol. The van der Waals surface area contributed by atoms with Crippen LogP contribution in [0.4, 0.5) is 0 Å². The van der Waals surface area contributed by atoms with Crippen LogP contribution in [0, 0.1) is 0 Å². The van der Waals surface area contributed by atoms with Crippen LogP contribution in [0.3, 0.4) is 0 Å². The maximum Gasteiger partial charge on any atom is 0.113 e. The highest BCUT2D eigenvalue weighted by atomic mass is 15.4. The highest BCUT2D eigenvalue weighted by molar-refractivity contribution is 5.75. The van der Waals surface area contributed by atoms with Gasteiger partial charge < -0.3 is 0 Å². The molecule has 1 aromatic heterocycles. The van der Waals surface area contributed by atoms with Crippen LogP contribution in [0.2, 0.25) is 0 Å². The minimum Gasteiger partial charge on any atom is -0.242 e. The van der Waals surface area contributed by atoms with Gasteiger partial charge in [-0.05, 0) is 43.9 Å². The number of hydrogen-bond acceptors (Lipinski definition) is 2. The Labute approximate surface area is 116 Å². The third-order valence-corrected chi connectivity index (χ3v) is 3.86. The molecule has 2 rings (SSSR count). The SMILES string of the molecule is CCCCCCc1ccc2c(c1)nnn2C(C)CC. The smallest absolute Gasteiger partial charge is 0.113 e. The molecule has 0 radical (unpaired) electrons. The number of aryl methyl sites for hydroxylation is 1. The average Bonchev–Trinajstić information content (AvgIpc) is 2.86. The molecule has 19 heavy (non-hydrogen) atoms. The van der Waals surface area contributed by atoms with Gasteiger partial charge in [0.1, 0.15) is 5.52 Å². The van der Waals surface area contributed by atoms with Gasteiger partial charge >= 0.3 is 0 Å². The largest absolute Gasteiger partial charge is 0.242 e. The van der Waals surface area contributed by atoms with Crippen molar-refractivity contribution in [2.75, 3.05) is 0 Å². The number of fused-ring (bicyclic) bond motifs is 1. The van der Waals surface area contributed by atoms with Crippen LogP contribution in [0.25, 0.3) is 11.0 Å². The lowest BCUT2D eigenvalue weighted by molar-refractivity contribution is 0.478. The molecule has 0 aliphatic carbocycles. The predicted molar refractivity (Wildman–Crippen MR) is 80.4 cm³/mol. The highest BCUT2D eigenvalue weighted by Crippen LogP contribution is 2.20. The van der Waals surface area contributed by atoms with Crippen molar-refractivity contribution in [2.45, 2.75) is 65.3 Å². The molecule has 1 unspecified atom stereocenters. The van der Waals surface area contributed by atoms with Crippen molar-refractivity contribution in [3.05, 3.63) is 23.8 Å². The van der Waals surface area contributed by atoms with Gasteiger partial charge in [-0.1, -0.05) is 44.4 Å². The van der Waals surface area contributed by atoms with Crippen LogP contribution in [-0.4, -0.2) is 15.0 Å². The number of nitrogens with zero attached hydrogens (tertiary/aromatic N) is 3. The molecular formula is C16H25N3. The zero-order valence-electron chi connectivity index (χ0n) is 12.4. The molecule has 0 N–H and O–H groups in total. The summed E-state index contributed by atoms with van der Waals surface area (Å²) in [4.78, 5) is 0. The van der Waals surface area contributed by atoms with Crippen LogP contribution >= 0.6 is 0 Å². The van der Waals surface area contributed by atoms with Gasteiger partial charge in [0.05, 0.1) is 11.6 Å². The highest BCUT2D eigenvalue weighted by Gasteiger charge is 2.09. The molecule has 0 aliphatic heterocycles. The first-order valence-corrected chi connectivity index (χ1v) is 7.60. The Morgan fingerprint density at radius 3 is 2.74 bits per heavy atom. The van der Waals surface area contributed by atoms with E-state index in [9.17, 15) is 0 Å². The van der Waals surface area contributed by atoms with E-state index in [2.05, 4.69) is 49.3 Å². The van der Waals surface area contributed by atoms with E-state index in [4.69, 9.17) is 0 Å². The summed E-state index contributed by atoms with van der Waals surface area (Å²) >= 11 is 0. The van der Waals surface area contributed by atoms with Gasteiger partial charge in [-0.2, -0.15) is 0 Å². The molecule has 0 saturated heterocycles. The van der Waals surface area contributed by atoms with Gasteiger partial charge in [-0.15, -0.1) is 5.10 Å². The quantitative estimate of drug-likeness (QED) is 0.684. The van der Waals surface area contributed by atoms with Crippen LogP contribution in [0.15, 0.2) is 18.2 Å². The van der Waals surface area contributed by atoms with Crippen molar-refractivity contribution in [3.63, 3.8) is 0 Å². The number of unbranched alkanes of at least 4 members (excludes halogenated alkanes) is 3. The summed E-state index contributed by atoms with van der Waals surface area (Å²) in [7, 11) is 0. The molecule has 2 aromatic rings. The molecule has 1 atom stereocenters. The zero-order chi connectivity index (χ0) is 13.7. The van der Waals surface area contributed by atoms with E-state index in [1.165, 1.54) is 31.2 Å². The first-order valence-electron chi connectivity index (χ1n) is 7.60. The van der Waals surface area contributed by atoms with Crippen LogP contribution < -0.4 is 0 Å². The lowest BCUT2D eigenvalue weighted by atomic mass is 10.1. The minimum absolute atomic E-state index is 0.417. The molecule has 104 valence electrons. The molecule has 0 aliphatic rings. The number of rotatable bonds is 7. The minimum atomic E-state index is 0.417. The second-order valence-electron chi connectivity index (χ2n) is 5.43. The van der Waals surface area contributed by atoms with Crippen LogP contribution in [0.1, 0.15) is 64.5 Å². The first kappa shape index (κ1) is 14.0. The summed E-state index contributed by atoms with van der Waals surface area (Å²) < 4.78 is 2.04. The van der Waals surface area contributed by atoms with Crippen LogP contribution in [-0.2, 0) is 6.42 Å². The number of hydrogen-bond donors (Lipinski definition) is 0. The predicted octanol–water partition coefficient (Wildman–Crippen LogP) is 4.53. The molecule has 0 spiro atoms. The van der Waals surface area contributed by atoms with Gasteiger partial charge in [-0.3, -0.25) is 0 Å². The Morgan fingerprint density at radius 1 is 1.16 bits per heavy atom. The molecule has 0 saturated carbocycles. The van der Waals surface area contributed by atoms with E-state index >= 15 is 0 Å². The number of benzene rings is 1. The fourth-order valence-electron chi connectivity index (χ4n) is 2.40. The summed E-state index contributed by atoms with van der Waals surface area (Å²) in [6.07, 6.45) is 7.48. The summed E-state index contributed by atoms with van der Waals surface area (Å²) in [5.74, 6) is 0. The van der Waals surface area contributed by atoms with E-state index < -0.39 is 0 Å². The molecule has 0 bridgehead atoms. The van der Waals surface area contributed by atoms with E-state index in [0.29, 0.717) is 6.04 Å². The molecule has 1 heterocycles. The third kappa shape index (κ3) is 3.34. The lowest BCUT2D eigenvalue weighted by Gasteiger charge is -2.09. The maximum absolute atomic E-state index is 4.31. The molecular weight excluding hydrogens is 234 g/mol. The fourth-order valence-corrected chi connectivity index (χ4v) is 2.40. The zero-order valence-corrected chi connectivity index (χ0v) is 12.4. The Bertz CT molecular complexity index is 516. The second kappa shape index (κ2) is 6.69. The van der Waals surface area contributed by atoms with Crippen LogP contribution in [0.5, 0.6) is 0 Å². The normalized spacial score (nSPS) is 13.0. The molecule has 3 nitrogen and oxygen atoms in total. The Balaban J connectivity index is 2.09. The van der Waals surface area contributed by atoms with Gasteiger partial charge in [0.25, 0.3) is 0 Å². The summed E-state index contributed by atoms with van der Waals surface area (Å²) in [6, 6.07) is 7.03. The van der Waals surface area contributed by atoms with Gasteiger partial charge in [0.2, 0.25) is 0 Å². The molecule has 1 aromatic carbocycles. The second-order valence-corrected chi connectivity index (χ2v) is 5.43. The van der Waals surface area contributed by atoms with Crippen molar-refractivity contribution < 1.29 is 0 Å². The number of aromatic nitrogens is 3. The molecule has 0 fully saturated rings. The Kier molecular flexibility index (Phi) is 4.94. The van der Waals surface area contributed by atoms with E-state index in [-0.39, 0.29) is 0 Å². The van der Waals surface area contributed by atoms with Crippen molar-refractivity contribution in [1.82, 2.24) is 15.0 Å². The summed E-state index contributed by atoms with van der Waals surface area (Å²) in [6.45, 7) is 6.62. The fraction of sp³-hybridized carbons (Fsp3) is 0.625. The van der Waals surface area contributed by atoms with Crippen molar-refractivity contribution >= 4 is 11.0 Å². The van der Waals surface area contributed by atoms with Crippen molar-refractivity contribution in [1.29, 1.82) is 0 Å². The van der Waals surface area contributed by atoms with Gasteiger partial charge in [-0.25, -0.2) is 4.68 Å². The standard InChI is InChI=1S/C16H25N3/c1-4-6-7-8-9-14-10-11-16-15(12-14)17-18-19(16)13(3)5-2/h10-13H,4-9H2,1-3H3. The summed E-state index contributed by atoms with van der Waals surface area (Å²) in [5, 5.41) is 8.59. The maximum atomic E-state index is 4.31. The summed E-state index contributed by atoms with van der Waals surface area (Å²) in [5.41, 5.74) is 3.58. The average molecular weight is 259 g/mol. The van der Waals surface area contributed by atoms with Crippen molar-refractivity contribution in [2.24, 2.45) is 0 Å². The van der Waals surface area contributed by atoms with E-state index in [1.54, 1.807) is 0 Å². The Morgan fingerprint density at radius 2 is 2.00 bits per heavy atom. The Hall–Kier alpha value is -1.38. The van der Waals surface area contributed by atoms with Gasteiger partial charge in [0.15, 0.2) is 0 Å². The topological polar surface area (TPSA) is 30.7 Å².